The highest BCUT2D eigenvalue weighted by molar-refractivity contribution is 8.02. The van der Waals surface area contributed by atoms with Crippen LogP contribution in [0, 0.1) is 13.8 Å². The molecule has 1 aromatic heterocycles. The zero-order valence-corrected chi connectivity index (χ0v) is 15.3. The van der Waals surface area contributed by atoms with Gasteiger partial charge in [0.2, 0.25) is 5.13 Å². The number of hydrogen-bond donors (Lipinski definition) is 0. The molecule has 0 saturated carbocycles. The van der Waals surface area contributed by atoms with Crippen LogP contribution in [0.2, 0.25) is 0 Å². The summed E-state index contributed by atoms with van der Waals surface area (Å²) in [5.74, 6) is 0.161. The van der Waals surface area contributed by atoms with Crippen LogP contribution in [0.15, 0.2) is 22.5 Å². The molecule has 4 nitrogen and oxygen atoms in total. The minimum absolute atomic E-state index is 0.158. The van der Waals surface area contributed by atoms with Crippen LogP contribution < -0.4 is 4.90 Å². The first-order valence-electron chi connectivity index (χ1n) is 7.91. The number of carbonyl (C=O) groups is 1. The number of Topliss-reactive ketones (excluding diaryl/α,β-unsaturated/α-hetero) is 1. The molecule has 0 radical (unpaired) electrons. The summed E-state index contributed by atoms with van der Waals surface area (Å²) >= 11 is 3.10. The summed E-state index contributed by atoms with van der Waals surface area (Å²) in [5.41, 5.74) is 2.96. The lowest BCUT2D eigenvalue weighted by Crippen LogP contribution is -2.17. The molecule has 2 heterocycles. The lowest BCUT2D eigenvalue weighted by atomic mass is 10.0. The van der Waals surface area contributed by atoms with Crippen molar-refractivity contribution in [2.24, 2.45) is 0 Å². The van der Waals surface area contributed by atoms with Crippen LogP contribution in [0.5, 0.6) is 0 Å². The lowest BCUT2D eigenvalue weighted by Gasteiger charge is -2.12. The van der Waals surface area contributed by atoms with Crippen molar-refractivity contribution in [3.8, 4) is 0 Å². The molecule has 1 unspecified atom stereocenters. The number of aryl methyl sites for hydroxylation is 2. The number of carbonyl (C=O) groups excluding carboxylic acids is 1. The Kier molecular flexibility index (Phi) is 5.02. The van der Waals surface area contributed by atoms with Gasteiger partial charge in [0.1, 0.15) is 0 Å². The number of benzene rings is 1. The zero-order chi connectivity index (χ0) is 16.4. The second kappa shape index (κ2) is 7.01. The minimum atomic E-state index is -0.158. The Labute approximate surface area is 145 Å². The maximum atomic E-state index is 12.7. The van der Waals surface area contributed by atoms with E-state index < -0.39 is 0 Å². The summed E-state index contributed by atoms with van der Waals surface area (Å²) in [7, 11) is 0. The number of anilines is 1. The summed E-state index contributed by atoms with van der Waals surface area (Å²) < 4.78 is 0.873. The van der Waals surface area contributed by atoms with E-state index in [2.05, 4.69) is 15.1 Å². The summed E-state index contributed by atoms with van der Waals surface area (Å²) in [6, 6.07) is 6.03. The number of thioether (sulfide) groups is 1. The molecule has 0 N–H and O–H groups in total. The zero-order valence-electron chi connectivity index (χ0n) is 13.7. The summed E-state index contributed by atoms with van der Waals surface area (Å²) in [5, 5.41) is 9.36. The van der Waals surface area contributed by atoms with E-state index in [4.69, 9.17) is 0 Å². The first-order chi connectivity index (χ1) is 11.0. The Morgan fingerprint density at radius 3 is 2.74 bits per heavy atom. The van der Waals surface area contributed by atoms with Gasteiger partial charge >= 0.3 is 0 Å². The molecule has 2 aromatic rings. The Balaban J connectivity index is 1.70. The van der Waals surface area contributed by atoms with Crippen molar-refractivity contribution in [3.05, 3.63) is 34.9 Å². The molecule has 1 aromatic carbocycles. The van der Waals surface area contributed by atoms with Gasteiger partial charge in [-0.25, -0.2) is 0 Å². The quantitative estimate of drug-likeness (QED) is 0.601. The van der Waals surface area contributed by atoms with Crippen LogP contribution >= 0.6 is 23.1 Å². The molecule has 1 aliphatic rings. The molecule has 6 heteroatoms. The van der Waals surface area contributed by atoms with Crippen LogP contribution in [0.4, 0.5) is 5.13 Å². The van der Waals surface area contributed by atoms with Crippen molar-refractivity contribution in [1.82, 2.24) is 10.2 Å². The Bertz CT molecular complexity index is 708. The van der Waals surface area contributed by atoms with Gasteiger partial charge in [-0.3, -0.25) is 4.79 Å². The summed E-state index contributed by atoms with van der Waals surface area (Å²) in [4.78, 5) is 15.0. The predicted octanol–water partition coefficient (Wildman–Crippen LogP) is 4.12. The van der Waals surface area contributed by atoms with E-state index >= 15 is 0 Å². The third-order valence-electron chi connectivity index (χ3n) is 4.08. The van der Waals surface area contributed by atoms with E-state index in [1.807, 2.05) is 39.0 Å². The van der Waals surface area contributed by atoms with Gasteiger partial charge in [0.05, 0.1) is 5.25 Å². The highest BCUT2D eigenvalue weighted by Crippen LogP contribution is 2.33. The van der Waals surface area contributed by atoms with Crippen LogP contribution in [0.1, 0.15) is 41.3 Å². The average molecular weight is 348 g/mol. The van der Waals surface area contributed by atoms with Crippen LogP contribution in [-0.4, -0.2) is 34.3 Å². The van der Waals surface area contributed by atoms with Gasteiger partial charge < -0.3 is 4.90 Å². The molecule has 0 spiro atoms. The van der Waals surface area contributed by atoms with Crippen LogP contribution in [0.25, 0.3) is 0 Å². The van der Waals surface area contributed by atoms with Crippen LogP contribution in [-0.2, 0) is 0 Å². The molecule has 0 aliphatic carbocycles. The number of aromatic nitrogens is 2. The van der Waals surface area contributed by atoms with E-state index in [-0.39, 0.29) is 11.0 Å². The fourth-order valence-corrected chi connectivity index (χ4v) is 4.82. The number of ketones is 1. The first-order valence-corrected chi connectivity index (χ1v) is 9.61. The molecule has 122 valence electrons. The van der Waals surface area contributed by atoms with Gasteiger partial charge in [-0.1, -0.05) is 40.8 Å². The number of rotatable bonds is 5. The first kappa shape index (κ1) is 16.5. The third kappa shape index (κ3) is 3.75. The molecule has 0 bridgehead atoms. The van der Waals surface area contributed by atoms with Gasteiger partial charge in [-0.2, -0.15) is 0 Å². The Morgan fingerprint density at radius 2 is 2.00 bits per heavy atom. The predicted molar refractivity (Wildman–Crippen MR) is 96.9 cm³/mol. The average Bonchev–Trinajstić information content (AvgIpc) is 3.19. The molecule has 3 rings (SSSR count). The lowest BCUT2D eigenvalue weighted by molar-refractivity contribution is 0.0993. The SMILES string of the molecule is Cc1ccc(C)c(C(=O)C(C)Sc2nnc(N3CCCC3)s2)c1. The Hall–Kier alpha value is -1.40. The van der Waals surface area contributed by atoms with Crippen molar-refractivity contribution < 1.29 is 4.79 Å². The van der Waals surface area contributed by atoms with Crippen molar-refractivity contribution >= 4 is 34.0 Å². The number of nitrogens with zero attached hydrogens (tertiary/aromatic N) is 3. The molecular formula is C17H21N3OS2. The highest BCUT2D eigenvalue weighted by Gasteiger charge is 2.22. The molecule has 1 aliphatic heterocycles. The van der Waals surface area contributed by atoms with Gasteiger partial charge in [-0.05, 0) is 45.2 Å². The molecule has 0 amide bonds. The number of hydrogen-bond acceptors (Lipinski definition) is 6. The van der Waals surface area contributed by atoms with E-state index in [1.165, 1.54) is 24.6 Å². The minimum Gasteiger partial charge on any atom is -0.347 e. The highest BCUT2D eigenvalue weighted by atomic mass is 32.2. The smallest absolute Gasteiger partial charge is 0.209 e. The molecular weight excluding hydrogens is 326 g/mol. The van der Waals surface area contributed by atoms with Crippen LogP contribution in [0.3, 0.4) is 0 Å². The third-order valence-corrected chi connectivity index (χ3v) is 6.25. The normalized spacial score (nSPS) is 15.9. The molecule has 23 heavy (non-hydrogen) atoms. The van der Waals surface area contributed by atoms with E-state index in [0.29, 0.717) is 0 Å². The topological polar surface area (TPSA) is 46.1 Å². The van der Waals surface area contributed by atoms with E-state index in [0.717, 1.165) is 39.3 Å². The van der Waals surface area contributed by atoms with Crippen molar-refractivity contribution in [2.75, 3.05) is 18.0 Å². The molecule has 1 fully saturated rings. The second-order valence-electron chi connectivity index (χ2n) is 5.99. The van der Waals surface area contributed by atoms with Crippen molar-refractivity contribution in [1.29, 1.82) is 0 Å². The van der Waals surface area contributed by atoms with E-state index in [1.54, 1.807) is 11.3 Å². The summed E-state index contributed by atoms with van der Waals surface area (Å²) in [6.45, 7) is 8.08. The van der Waals surface area contributed by atoms with Crippen molar-refractivity contribution in [3.63, 3.8) is 0 Å². The second-order valence-corrected chi connectivity index (χ2v) is 8.53. The van der Waals surface area contributed by atoms with Gasteiger partial charge in [0.25, 0.3) is 0 Å². The summed E-state index contributed by atoms with van der Waals surface area (Å²) in [6.07, 6.45) is 2.45. The maximum Gasteiger partial charge on any atom is 0.209 e. The molecule has 1 saturated heterocycles. The van der Waals surface area contributed by atoms with Gasteiger partial charge in [-0.15, -0.1) is 10.2 Å². The Morgan fingerprint density at radius 1 is 1.26 bits per heavy atom. The standard InChI is InChI=1S/C17H21N3OS2/c1-11-6-7-12(2)14(10-11)15(21)13(3)22-17-19-18-16(23-17)20-8-4-5-9-20/h6-7,10,13H,4-5,8-9H2,1-3H3. The van der Waals surface area contributed by atoms with Gasteiger partial charge in [0.15, 0.2) is 10.1 Å². The largest absolute Gasteiger partial charge is 0.347 e. The van der Waals surface area contributed by atoms with Gasteiger partial charge in [0, 0.05) is 18.7 Å². The maximum absolute atomic E-state index is 12.7. The van der Waals surface area contributed by atoms with Crippen molar-refractivity contribution in [2.45, 2.75) is 43.2 Å². The molecule has 1 atom stereocenters. The monoisotopic (exact) mass is 347 g/mol. The fraction of sp³-hybridized carbons (Fsp3) is 0.471. The van der Waals surface area contributed by atoms with E-state index in [9.17, 15) is 4.79 Å². The fourth-order valence-electron chi connectivity index (χ4n) is 2.71.